The molecule has 0 atom stereocenters. The molecule has 2 aromatic rings. The van der Waals surface area contributed by atoms with Crippen molar-refractivity contribution >= 4 is 5.91 Å². The number of nitrogens with one attached hydrogen (secondary N) is 1. The fourth-order valence-corrected chi connectivity index (χ4v) is 1.69. The molecular weight excluding hydrogens is 264 g/mol. The Kier molecular flexibility index (Phi) is 5.50. The molecule has 1 amide bonds. The molecule has 2 rings (SSSR count). The van der Waals surface area contributed by atoms with Gasteiger partial charge in [-0.25, -0.2) is 4.98 Å². The molecule has 0 saturated carbocycles. The summed E-state index contributed by atoms with van der Waals surface area (Å²) in [6.45, 7) is 0.514. The lowest BCUT2D eigenvalue weighted by Crippen LogP contribution is -2.23. The maximum atomic E-state index is 11.9. The molecule has 21 heavy (non-hydrogen) atoms. The van der Waals surface area contributed by atoms with Crippen LogP contribution in [0.1, 0.15) is 28.0 Å². The number of hydrogen-bond acceptors (Lipinski definition) is 3. The number of rotatable bonds is 4. The SMILES string of the molecule is O=C(NCc1ccccc1)c1ccc(C#CCCO)cn1. The fourth-order valence-electron chi connectivity index (χ4n) is 1.69. The van der Waals surface area contributed by atoms with Gasteiger partial charge in [0.2, 0.25) is 0 Å². The molecule has 0 aliphatic heterocycles. The van der Waals surface area contributed by atoms with E-state index in [2.05, 4.69) is 22.1 Å². The summed E-state index contributed by atoms with van der Waals surface area (Å²) in [5.74, 6) is 5.46. The minimum atomic E-state index is -0.214. The van der Waals surface area contributed by atoms with Crippen LogP contribution in [0.25, 0.3) is 0 Å². The summed E-state index contributed by atoms with van der Waals surface area (Å²) in [6, 6.07) is 13.1. The Hall–Kier alpha value is -2.64. The summed E-state index contributed by atoms with van der Waals surface area (Å²) in [4.78, 5) is 16.0. The molecule has 0 unspecified atom stereocenters. The molecule has 4 nitrogen and oxygen atoms in total. The Morgan fingerprint density at radius 1 is 1.19 bits per heavy atom. The van der Waals surface area contributed by atoms with E-state index in [1.807, 2.05) is 30.3 Å². The molecule has 0 aliphatic rings. The van der Waals surface area contributed by atoms with E-state index in [0.29, 0.717) is 18.7 Å². The predicted octanol–water partition coefficient (Wildman–Crippen LogP) is 1.75. The van der Waals surface area contributed by atoms with Crippen LogP contribution >= 0.6 is 0 Å². The monoisotopic (exact) mass is 280 g/mol. The van der Waals surface area contributed by atoms with E-state index < -0.39 is 0 Å². The van der Waals surface area contributed by atoms with Gasteiger partial charge < -0.3 is 10.4 Å². The highest BCUT2D eigenvalue weighted by atomic mass is 16.2. The van der Waals surface area contributed by atoms with Gasteiger partial charge in [0.25, 0.3) is 5.91 Å². The quantitative estimate of drug-likeness (QED) is 0.839. The summed E-state index contributed by atoms with van der Waals surface area (Å²) >= 11 is 0. The van der Waals surface area contributed by atoms with Crippen molar-refractivity contribution in [2.75, 3.05) is 6.61 Å². The lowest BCUT2D eigenvalue weighted by molar-refractivity contribution is 0.0946. The van der Waals surface area contributed by atoms with E-state index in [9.17, 15) is 4.79 Å². The standard InChI is InChI=1S/C17H16N2O2/c20-11-5-4-8-15-9-10-16(18-12-15)17(21)19-13-14-6-2-1-3-7-14/h1-3,6-7,9-10,12,20H,5,11,13H2,(H,19,21). The smallest absolute Gasteiger partial charge is 0.270 e. The molecule has 106 valence electrons. The highest BCUT2D eigenvalue weighted by molar-refractivity contribution is 5.92. The van der Waals surface area contributed by atoms with Gasteiger partial charge in [0, 0.05) is 24.7 Å². The van der Waals surface area contributed by atoms with Gasteiger partial charge >= 0.3 is 0 Å². The molecule has 4 heteroatoms. The van der Waals surface area contributed by atoms with E-state index in [1.165, 1.54) is 0 Å². The maximum Gasteiger partial charge on any atom is 0.270 e. The van der Waals surface area contributed by atoms with Crippen molar-refractivity contribution in [1.82, 2.24) is 10.3 Å². The van der Waals surface area contributed by atoms with Crippen LogP contribution in [0, 0.1) is 11.8 Å². The van der Waals surface area contributed by atoms with Gasteiger partial charge in [0.1, 0.15) is 5.69 Å². The molecule has 1 aromatic carbocycles. The van der Waals surface area contributed by atoms with E-state index in [-0.39, 0.29) is 12.5 Å². The molecule has 0 radical (unpaired) electrons. The van der Waals surface area contributed by atoms with Crippen molar-refractivity contribution in [1.29, 1.82) is 0 Å². The van der Waals surface area contributed by atoms with Gasteiger partial charge in [0.05, 0.1) is 6.61 Å². The van der Waals surface area contributed by atoms with Crippen LogP contribution in [0.4, 0.5) is 0 Å². The molecule has 2 N–H and O–H groups in total. The first-order valence-corrected chi connectivity index (χ1v) is 6.67. The average molecular weight is 280 g/mol. The number of pyridine rings is 1. The van der Waals surface area contributed by atoms with Crippen LogP contribution in [0.2, 0.25) is 0 Å². The Balaban J connectivity index is 1.92. The van der Waals surface area contributed by atoms with Gasteiger partial charge in [-0.15, -0.1) is 0 Å². The van der Waals surface area contributed by atoms with Crippen LogP contribution in [-0.2, 0) is 6.54 Å². The van der Waals surface area contributed by atoms with Crippen molar-refractivity contribution in [3.63, 3.8) is 0 Å². The average Bonchev–Trinajstić information content (AvgIpc) is 2.54. The first kappa shape index (κ1) is 14.8. The van der Waals surface area contributed by atoms with Gasteiger partial charge in [-0.1, -0.05) is 42.2 Å². The number of nitrogens with zero attached hydrogens (tertiary/aromatic N) is 1. The lowest BCUT2D eigenvalue weighted by Gasteiger charge is -2.04. The Morgan fingerprint density at radius 2 is 2.00 bits per heavy atom. The number of aliphatic hydroxyl groups excluding tert-OH is 1. The predicted molar refractivity (Wildman–Crippen MR) is 80.4 cm³/mol. The zero-order valence-corrected chi connectivity index (χ0v) is 11.5. The van der Waals surface area contributed by atoms with Crippen LogP contribution < -0.4 is 5.32 Å². The zero-order chi connectivity index (χ0) is 14.9. The highest BCUT2D eigenvalue weighted by Gasteiger charge is 2.06. The number of amides is 1. The van der Waals surface area contributed by atoms with Gasteiger partial charge in [0.15, 0.2) is 0 Å². The third kappa shape index (κ3) is 4.75. The maximum absolute atomic E-state index is 11.9. The van der Waals surface area contributed by atoms with Gasteiger partial charge in [-0.3, -0.25) is 4.79 Å². The minimum absolute atomic E-state index is 0.0421. The summed E-state index contributed by atoms with van der Waals surface area (Å²) < 4.78 is 0. The first-order valence-electron chi connectivity index (χ1n) is 6.67. The second kappa shape index (κ2) is 7.83. The van der Waals surface area contributed by atoms with E-state index in [4.69, 9.17) is 5.11 Å². The molecular formula is C17H16N2O2. The molecule has 0 spiro atoms. The lowest BCUT2D eigenvalue weighted by atomic mass is 10.2. The number of aromatic nitrogens is 1. The largest absolute Gasteiger partial charge is 0.395 e. The Labute approximate surface area is 123 Å². The number of aliphatic hydroxyl groups is 1. The van der Waals surface area contributed by atoms with E-state index >= 15 is 0 Å². The second-order valence-electron chi connectivity index (χ2n) is 4.38. The summed E-state index contributed by atoms with van der Waals surface area (Å²) in [5.41, 5.74) is 2.12. The molecule has 0 saturated heterocycles. The molecule has 1 aromatic heterocycles. The fraction of sp³-hybridized carbons (Fsp3) is 0.176. The van der Waals surface area contributed by atoms with E-state index in [1.54, 1.807) is 18.3 Å². The minimum Gasteiger partial charge on any atom is -0.395 e. The van der Waals surface area contributed by atoms with Gasteiger partial charge in [-0.05, 0) is 17.7 Å². The van der Waals surface area contributed by atoms with Crippen molar-refractivity contribution in [3.8, 4) is 11.8 Å². The third-order valence-corrected chi connectivity index (χ3v) is 2.76. The van der Waals surface area contributed by atoms with E-state index in [0.717, 1.165) is 11.1 Å². The van der Waals surface area contributed by atoms with Crippen molar-refractivity contribution in [3.05, 3.63) is 65.5 Å². The first-order chi connectivity index (χ1) is 10.3. The zero-order valence-electron chi connectivity index (χ0n) is 11.5. The molecule has 1 heterocycles. The summed E-state index contributed by atoms with van der Waals surface area (Å²) in [7, 11) is 0. The van der Waals surface area contributed by atoms with Crippen molar-refractivity contribution < 1.29 is 9.90 Å². The number of carbonyl (C=O) groups excluding carboxylic acids is 1. The number of carbonyl (C=O) groups is 1. The second-order valence-corrected chi connectivity index (χ2v) is 4.38. The Morgan fingerprint density at radius 3 is 2.67 bits per heavy atom. The normalized spacial score (nSPS) is 9.57. The highest BCUT2D eigenvalue weighted by Crippen LogP contribution is 2.01. The van der Waals surface area contributed by atoms with Crippen LogP contribution in [0.5, 0.6) is 0 Å². The molecule has 0 bridgehead atoms. The summed E-state index contributed by atoms with van der Waals surface area (Å²) in [5, 5.41) is 11.5. The molecule has 0 fully saturated rings. The Bertz CT molecular complexity index is 640. The van der Waals surface area contributed by atoms with Gasteiger partial charge in [-0.2, -0.15) is 0 Å². The van der Waals surface area contributed by atoms with Crippen LogP contribution in [0.15, 0.2) is 48.7 Å². The summed E-state index contributed by atoms with van der Waals surface area (Å²) in [6.07, 6.45) is 1.99. The van der Waals surface area contributed by atoms with Crippen molar-refractivity contribution in [2.45, 2.75) is 13.0 Å². The third-order valence-electron chi connectivity index (χ3n) is 2.76. The molecule has 0 aliphatic carbocycles. The van der Waals surface area contributed by atoms with Crippen LogP contribution in [0.3, 0.4) is 0 Å². The topological polar surface area (TPSA) is 62.2 Å². The van der Waals surface area contributed by atoms with Crippen molar-refractivity contribution in [2.24, 2.45) is 0 Å². The number of benzene rings is 1. The van der Waals surface area contributed by atoms with Crippen LogP contribution in [-0.4, -0.2) is 22.6 Å². The number of hydrogen-bond donors (Lipinski definition) is 2.